The third-order valence-corrected chi connectivity index (χ3v) is 4.26. The van der Waals surface area contributed by atoms with Crippen LogP contribution < -0.4 is 10.3 Å². The Morgan fingerprint density at radius 3 is 2.72 bits per heavy atom. The summed E-state index contributed by atoms with van der Waals surface area (Å²) in [5.41, 5.74) is 3.20. The van der Waals surface area contributed by atoms with Crippen molar-refractivity contribution >= 4 is 35.3 Å². The minimum Gasteiger partial charge on any atom is -0.312 e. The largest absolute Gasteiger partial charge is 0.312 e. The Morgan fingerprint density at radius 1 is 1.24 bits per heavy atom. The van der Waals surface area contributed by atoms with E-state index in [1.165, 1.54) is 18.2 Å². The number of carbonyl (C=O) groups is 2. The van der Waals surface area contributed by atoms with Crippen molar-refractivity contribution in [2.75, 3.05) is 11.4 Å². The number of nitrogens with one attached hydrogen (secondary N) is 1. The first-order valence-electron chi connectivity index (χ1n) is 7.68. The van der Waals surface area contributed by atoms with Gasteiger partial charge in [-0.2, -0.15) is 5.10 Å². The van der Waals surface area contributed by atoms with Crippen molar-refractivity contribution < 1.29 is 14.0 Å². The van der Waals surface area contributed by atoms with Crippen LogP contribution in [-0.4, -0.2) is 24.6 Å². The minimum atomic E-state index is -0.531. The number of hydrogen-bond donors (Lipinski definition) is 1. The number of benzene rings is 2. The molecular formula is C18H15ClFN3O2. The van der Waals surface area contributed by atoms with Gasteiger partial charge >= 0.3 is 0 Å². The molecule has 0 spiro atoms. The summed E-state index contributed by atoms with van der Waals surface area (Å²) in [6.45, 7) is 0.282. The topological polar surface area (TPSA) is 61.8 Å². The molecule has 3 rings (SSSR count). The molecule has 1 aliphatic heterocycles. The van der Waals surface area contributed by atoms with Crippen molar-refractivity contribution in [1.29, 1.82) is 0 Å². The van der Waals surface area contributed by atoms with Crippen LogP contribution in [0.25, 0.3) is 0 Å². The molecule has 5 nitrogen and oxygen atoms in total. The van der Waals surface area contributed by atoms with E-state index in [4.69, 9.17) is 11.6 Å². The third-order valence-electron chi connectivity index (χ3n) is 3.93. The summed E-state index contributed by atoms with van der Waals surface area (Å²) in [4.78, 5) is 25.9. The highest BCUT2D eigenvalue weighted by Crippen LogP contribution is 2.24. The van der Waals surface area contributed by atoms with Gasteiger partial charge in [0, 0.05) is 24.2 Å². The van der Waals surface area contributed by atoms with Gasteiger partial charge in [0.15, 0.2) is 0 Å². The van der Waals surface area contributed by atoms with E-state index in [1.54, 1.807) is 4.90 Å². The van der Waals surface area contributed by atoms with Crippen molar-refractivity contribution in [3.63, 3.8) is 0 Å². The quantitative estimate of drug-likeness (QED) is 0.674. The maximum absolute atomic E-state index is 13.6. The van der Waals surface area contributed by atoms with E-state index in [2.05, 4.69) is 10.5 Å². The molecule has 0 aliphatic carbocycles. The second-order valence-electron chi connectivity index (χ2n) is 5.61. The first kappa shape index (κ1) is 17.1. The molecule has 1 saturated heterocycles. The van der Waals surface area contributed by atoms with Crippen LogP contribution >= 0.6 is 11.6 Å². The molecule has 0 radical (unpaired) electrons. The zero-order valence-corrected chi connectivity index (χ0v) is 13.9. The lowest BCUT2D eigenvalue weighted by atomic mass is 10.1. The maximum atomic E-state index is 13.6. The number of nitrogens with zero attached hydrogens (tertiary/aromatic N) is 2. The van der Waals surface area contributed by atoms with Crippen LogP contribution in [-0.2, 0) is 9.59 Å². The highest BCUT2D eigenvalue weighted by molar-refractivity contribution is 6.33. The van der Waals surface area contributed by atoms with Gasteiger partial charge in [-0.05, 0) is 24.3 Å². The van der Waals surface area contributed by atoms with Crippen LogP contribution in [0.5, 0.6) is 0 Å². The first-order valence-corrected chi connectivity index (χ1v) is 8.06. The average molecular weight is 360 g/mol. The Kier molecular flexibility index (Phi) is 5.09. The minimum absolute atomic E-state index is 0.0953. The van der Waals surface area contributed by atoms with Crippen molar-refractivity contribution in [2.45, 2.75) is 6.42 Å². The number of rotatable bonds is 4. The molecule has 0 unspecified atom stereocenters. The predicted octanol–water partition coefficient (Wildman–Crippen LogP) is 2.98. The highest BCUT2D eigenvalue weighted by atomic mass is 35.5. The predicted molar refractivity (Wildman–Crippen MR) is 94.0 cm³/mol. The molecule has 0 saturated carbocycles. The molecule has 1 N–H and O–H groups in total. The molecule has 1 heterocycles. The number of halogens is 2. The van der Waals surface area contributed by atoms with Gasteiger partial charge in [0.2, 0.25) is 11.8 Å². The summed E-state index contributed by atoms with van der Waals surface area (Å²) in [5, 5.41) is 3.95. The average Bonchev–Trinajstić information content (AvgIpc) is 3.00. The van der Waals surface area contributed by atoms with Gasteiger partial charge < -0.3 is 4.90 Å². The Labute approximate surface area is 149 Å². The number of carbonyl (C=O) groups excluding carboxylic acids is 2. The van der Waals surface area contributed by atoms with Gasteiger partial charge in [0.25, 0.3) is 0 Å². The molecule has 1 aliphatic rings. The van der Waals surface area contributed by atoms with Gasteiger partial charge in [-0.15, -0.1) is 0 Å². The molecule has 7 heteroatoms. The maximum Gasteiger partial charge on any atom is 0.245 e. The molecule has 2 aromatic carbocycles. The monoisotopic (exact) mass is 359 g/mol. The number of hydrazone groups is 1. The van der Waals surface area contributed by atoms with Crippen molar-refractivity contribution in [3.05, 3.63) is 64.9 Å². The summed E-state index contributed by atoms with van der Waals surface area (Å²) in [5.74, 6) is -1.55. The molecular weight excluding hydrogens is 345 g/mol. The van der Waals surface area contributed by atoms with E-state index in [0.29, 0.717) is 0 Å². The molecule has 25 heavy (non-hydrogen) atoms. The second-order valence-corrected chi connectivity index (χ2v) is 6.02. The highest BCUT2D eigenvalue weighted by Gasteiger charge is 2.35. The first-order chi connectivity index (χ1) is 12.1. The zero-order valence-electron chi connectivity index (χ0n) is 13.2. The summed E-state index contributed by atoms with van der Waals surface area (Å²) >= 11 is 5.88. The zero-order chi connectivity index (χ0) is 17.8. The number of anilines is 1. The summed E-state index contributed by atoms with van der Waals surface area (Å²) in [7, 11) is 0. The Hall–Kier alpha value is -2.73. The summed E-state index contributed by atoms with van der Waals surface area (Å²) in [6, 6.07) is 13.4. The van der Waals surface area contributed by atoms with Crippen molar-refractivity contribution in [2.24, 2.45) is 11.0 Å². The molecule has 0 bridgehead atoms. The molecule has 1 fully saturated rings. The molecule has 128 valence electrons. The van der Waals surface area contributed by atoms with Gasteiger partial charge in [-0.1, -0.05) is 35.9 Å². The molecule has 2 aromatic rings. The van der Waals surface area contributed by atoms with Crippen LogP contribution in [0.4, 0.5) is 10.1 Å². The van der Waals surface area contributed by atoms with E-state index in [1.807, 2.05) is 30.3 Å². The van der Waals surface area contributed by atoms with Crippen LogP contribution in [0, 0.1) is 11.7 Å². The van der Waals surface area contributed by atoms with Crippen LogP contribution in [0.15, 0.2) is 53.6 Å². The van der Waals surface area contributed by atoms with E-state index >= 15 is 0 Å². The van der Waals surface area contributed by atoms with E-state index in [-0.39, 0.29) is 29.5 Å². The Bertz CT molecular complexity index is 806. The Balaban J connectivity index is 1.63. The standard InChI is InChI=1S/C18H15ClFN3O2/c19-15-7-4-8-16(20)14(15)10-21-22-18(25)12-9-17(24)23(11-12)13-5-2-1-3-6-13/h1-8,10,12H,9,11H2,(H,22,25)/b21-10-/t12-/m1/s1. The van der Waals surface area contributed by atoms with Gasteiger partial charge in [0.1, 0.15) is 5.82 Å². The van der Waals surface area contributed by atoms with E-state index in [0.717, 1.165) is 11.9 Å². The molecule has 1 atom stereocenters. The fraction of sp³-hybridized carbons (Fsp3) is 0.167. The van der Waals surface area contributed by atoms with Crippen LogP contribution in [0.3, 0.4) is 0 Å². The van der Waals surface area contributed by atoms with E-state index < -0.39 is 17.6 Å². The number of para-hydroxylation sites is 1. The molecule has 2 amide bonds. The lowest BCUT2D eigenvalue weighted by Crippen LogP contribution is -2.30. The lowest BCUT2D eigenvalue weighted by Gasteiger charge is -2.16. The van der Waals surface area contributed by atoms with Crippen LogP contribution in [0.2, 0.25) is 5.02 Å². The van der Waals surface area contributed by atoms with Gasteiger partial charge in [0.05, 0.1) is 17.2 Å². The lowest BCUT2D eigenvalue weighted by molar-refractivity contribution is -0.126. The van der Waals surface area contributed by atoms with Crippen molar-refractivity contribution in [1.82, 2.24) is 5.43 Å². The van der Waals surface area contributed by atoms with Gasteiger partial charge in [-0.25, -0.2) is 9.82 Å². The van der Waals surface area contributed by atoms with Gasteiger partial charge in [-0.3, -0.25) is 9.59 Å². The second kappa shape index (κ2) is 7.44. The third kappa shape index (κ3) is 3.85. The number of amides is 2. The summed E-state index contributed by atoms with van der Waals surface area (Å²) in [6.07, 6.45) is 1.26. The molecule has 0 aromatic heterocycles. The normalized spacial score (nSPS) is 17.3. The summed E-state index contributed by atoms with van der Waals surface area (Å²) < 4.78 is 13.6. The fourth-order valence-electron chi connectivity index (χ4n) is 2.63. The van der Waals surface area contributed by atoms with Crippen molar-refractivity contribution in [3.8, 4) is 0 Å². The fourth-order valence-corrected chi connectivity index (χ4v) is 2.84. The van der Waals surface area contributed by atoms with Crippen LogP contribution in [0.1, 0.15) is 12.0 Å². The SMILES string of the molecule is O=C(N/N=C\c1c(F)cccc1Cl)[C@@H]1CC(=O)N(c2ccccc2)C1. The smallest absolute Gasteiger partial charge is 0.245 e. The number of hydrogen-bond acceptors (Lipinski definition) is 3. The Morgan fingerprint density at radius 2 is 2.00 bits per heavy atom. The van der Waals surface area contributed by atoms with E-state index in [9.17, 15) is 14.0 Å².